The number of nitrogen functional groups attached to an aromatic ring is 1. The Hall–Kier alpha value is -1.83. The molecule has 0 aromatic carbocycles. The number of hydrogen-bond acceptors (Lipinski definition) is 6. The second-order valence-electron chi connectivity index (χ2n) is 4.37. The molecule has 0 saturated heterocycles. The first-order chi connectivity index (χ1) is 9.11. The lowest BCUT2D eigenvalue weighted by Gasteiger charge is -2.06. The monoisotopic (exact) mass is 283 g/mol. The maximum atomic E-state index is 11.6. The molecule has 5 N–H and O–H groups in total. The van der Waals surface area contributed by atoms with Crippen molar-refractivity contribution >= 4 is 34.2 Å². The predicted octanol–water partition coefficient (Wildman–Crippen LogP) is 0.165. The van der Waals surface area contributed by atoms with Gasteiger partial charge in [0.25, 0.3) is 5.91 Å². The van der Waals surface area contributed by atoms with Crippen LogP contribution in [0.4, 0.5) is 10.8 Å². The molecule has 1 aliphatic rings. The van der Waals surface area contributed by atoms with Gasteiger partial charge >= 0.3 is 0 Å². The van der Waals surface area contributed by atoms with Crippen LogP contribution < -0.4 is 21.7 Å². The second-order valence-corrected chi connectivity index (χ2v) is 5.14. The first kappa shape index (κ1) is 13.6. The van der Waals surface area contributed by atoms with E-state index in [9.17, 15) is 9.59 Å². The summed E-state index contributed by atoms with van der Waals surface area (Å²) in [5, 5.41) is 9.03. The fourth-order valence-electron chi connectivity index (χ4n) is 1.58. The number of hydrogen-bond donors (Lipinski definition) is 4. The third-order valence-corrected chi connectivity index (χ3v) is 3.57. The number of carbonyl (C=O) groups is 2. The minimum atomic E-state index is -0.281. The highest BCUT2D eigenvalue weighted by Crippen LogP contribution is 2.26. The minimum absolute atomic E-state index is 0.0222. The van der Waals surface area contributed by atoms with Gasteiger partial charge in [-0.05, 0) is 24.4 Å². The summed E-state index contributed by atoms with van der Waals surface area (Å²) in [6.45, 7) is 0.449. The topological polar surface area (TPSA) is 109 Å². The minimum Gasteiger partial charge on any atom is -0.382 e. The molecule has 0 spiro atoms. The predicted molar refractivity (Wildman–Crippen MR) is 74.2 cm³/mol. The summed E-state index contributed by atoms with van der Waals surface area (Å²) in [4.78, 5) is 23.1. The van der Waals surface area contributed by atoms with E-state index in [0.29, 0.717) is 29.6 Å². The van der Waals surface area contributed by atoms with Gasteiger partial charge < -0.3 is 21.7 Å². The van der Waals surface area contributed by atoms with Gasteiger partial charge in [-0.3, -0.25) is 9.59 Å². The second kappa shape index (κ2) is 5.87. The van der Waals surface area contributed by atoms with Gasteiger partial charge in [0, 0.05) is 26.1 Å². The largest absolute Gasteiger partial charge is 0.382 e. The van der Waals surface area contributed by atoms with Crippen molar-refractivity contribution in [2.75, 3.05) is 24.6 Å². The van der Waals surface area contributed by atoms with Crippen LogP contribution in [0.25, 0.3) is 0 Å². The molecule has 1 saturated carbocycles. The highest BCUT2D eigenvalue weighted by molar-refractivity contribution is 7.11. The smallest absolute Gasteiger partial charge is 0.257 e. The Morgan fingerprint density at radius 2 is 2.21 bits per heavy atom. The van der Waals surface area contributed by atoms with Crippen molar-refractivity contribution in [1.29, 1.82) is 0 Å². The van der Waals surface area contributed by atoms with E-state index >= 15 is 0 Å². The molecule has 1 aliphatic carbocycles. The highest BCUT2D eigenvalue weighted by Gasteiger charge is 2.23. The van der Waals surface area contributed by atoms with Gasteiger partial charge in [0.15, 0.2) is 5.82 Å². The van der Waals surface area contributed by atoms with Crippen LogP contribution in [0.2, 0.25) is 0 Å². The van der Waals surface area contributed by atoms with E-state index in [1.54, 1.807) is 0 Å². The van der Waals surface area contributed by atoms with Crippen molar-refractivity contribution in [2.24, 2.45) is 0 Å². The summed E-state index contributed by atoms with van der Waals surface area (Å²) >= 11 is 1.12. The summed E-state index contributed by atoms with van der Waals surface area (Å²) in [6, 6.07) is 0.368. The number of carbonyl (C=O) groups excluding carboxylic acids is 2. The van der Waals surface area contributed by atoms with E-state index < -0.39 is 0 Å². The number of nitrogens with one attached hydrogen (secondary N) is 3. The molecule has 104 valence electrons. The SMILES string of the molecule is CNC(=O)c1c(N)nsc1NCCC(=O)NC1CC1. The Morgan fingerprint density at radius 3 is 2.84 bits per heavy atom. The Bertz CT molecular complexity index is 483. The van der Waals surface area contributed by atoms with E-state index in [1.165, 1.54) is 7.05 Å². The van der Waals surface area contributed by atoms with Crippen molar-refractivity contribution in [1.82, 2.24) is 15.0 Å². The Morgan fingerprint density at radius 1 is 1.47 bits per heavy atom. The summed E-state index contributed by atoms with van der Waals surface area (Å²) < 4.78 is 3.94. The highest BCUT2D eigenvalue weighted by atomic mass is 32.1. The number of nitrogens with zero attached hydrogens (tertiary/aromatic N) is 1. The van der Waals surface area contributed by atoms with Crippen LogP contribution >= 0.6 is 11.5 Å². The maximum absolute atomic E-state index is 11.6. The molecule has 1 fully saturated rings. The normalized spacial score (nSPS) is 13.9. The number of amides is 2. The Balaban J connectivity index is 1.85. The van der Waals surface area contributed by atoms with Gasteiger partial charge in [0.1, 0.15) is 10.6 Å². The third-order valence-electron chi connectivity index (χ3n) is 2.75. The average Bonchev–Trinajstić information content (AvgIpc) is 3.11. The van der Waals surface area contributed by atoms with E-state index in [2.05, 4.69) is 20.3 Å². The zero-order chi connectivity index (χ0) is 13.8. The average molecular weight is 283 g/mol. The van der Waals surface area contributed by atoms with Crippen LogP contribution in [0.3, 0.4) is 0 Å². The molecule has 0 bridgehead atoms. The van der Waals surface area contributed by atoms with Crippen LogP contribution in [0, 0.1) is 0 Å². The molecule has 1 aromatic rings. The Kier molecular flexibility index (Phi) is 4.20. The summed E-state index contributed by atoms with van der Waals surface area (Å²) in [5.74, 6) is -0.0561. The quantitative estimate of drug-likeness (QED) is 0.595. The standard InChI is InChI=1S/C11H17N5O2S/c1-13-10(18)8-9(12)16-19-11(8)14-5-4-7(17)15-6-2-3-6/h6,14H,2-5H2,1H3,(H2,12,16)(H,13,18)(H,15,17). The number of rotatable bonds is 6. The summed E-state index contributed by atoms with van der Waals surface area (Å²) in [5.41, 5.74) is 5.99. The molecule has 2 rings (SSSR count). The molecular formula is C11H17N5O2S. The molecule has 1 heterocycles. The molecule has 8 heteroatoms. The molecule has 19 heavy (non-hydrogen) atoms. The van der Waals surface area contributed by atoms with E-state index in [0.717, 1.165) is 24.4 Å². The molecular weight excluding hydrogens is 266 g/mol. The molecule has 1 aromatic heterocycles. The van der Waals surface area contributed by atoms with Crippen LogP contribution in [0.15, 0.2) is 0 Å². The van der Waals surface area contributed by atoms with E-state index in [1.807, 2.05) is 0 Å². The van der Waals surface area contributed by atoms with Gasteiger partial charge in [-0.2, -0.15) is 4.37 Å². The van der Waals surface area contributed by atoms with Gasteiger partial charge in [0.05, 0.1) is 0 Å². The summed E-state index contributed by atoms with van der Waals surface area (Å²) in [6.07, 6.45) is 2.51. The lowest BCUT2D eigenvalue weighted by molar-refractivity contribution is -0.120. The lowest BCUT2D eigenvalue weighted by Crippen LogP contribution is -2.27. The molecule has 7 nitrogen and oxygen atoms in total. The molecule has 2 amide bonds. The van der Waals surface area contributed by atoms with Gasteiger partial charge in [-0.25, -0.2) is 0 Å². The van der Waals surface area contributed by atoms with Crippen molar-refractivity contribution in [2.45, 2.75) is 25.3 Å². The molecule has 0 unspecified atom stereocenters. The molecule has 0 atom stereocenters. The van der Waals surface area contributed by atoms with Crippen molar-refractivity contribution in [3.8, 4) is 0 Å². The fraction of sp³-hybridized carbons (Fsp3) is 0.545. The van der Waals surface area contributed by atoms with Crippen LogP contribution in [-0.2, 0) is 4.79 Å². The maximum Gasteiger partial charge on any atom is 0.257 e. The summed E-state index contributed by atoms with van der Waals surface area (Å²) in [7, 11) is 1.53. The van der Waals surface area contributed by atoms with Gasteiger partial charge in [-0.1, -0.05) is 0 Å². The van der Waals surface area contributed by atoms with Crippen molar-refractivity contribution in [3.63, 3.8) is 0 Å². The third kappa shape index (κ3) is 3.57. The first-order valence-electron chi connectivity index (χ1n) is 6.12. The Labute approximate surface area is 115 Å². The number of anilines is 2. The fourth-order valence-corrected chi connectivity index (χ4v) is 2.32. The zero-order valence-electron chi connectivity index (χ0n) is 10.7. The van der Waals surface area contributed by atoms with Crippen LogP contribution in [-0.4, -0.2) is 35.8 Å². The molecule has 0 radical (unpaired) electrons. The van der Waals surface area contributed by atoms with Crippen molar-refractivity contribution in [3.05, 3.63) is 5.56 Å². The van der Waals surface area contributed by atoms with Gasteiger partial charge in [0.2, 0.25) is 5.91 Å². The zero-order valence-corrected chi connectivity index (χ0v) is 11.5. The first-order valence-corrected chi connectivity index (χ1v) is 6.89. The van der Waals surface area contributed by atoms with Crippen LogP contribution in [0.1, 0.15) is 29.6 Å². The lowest BCUT2D eigenvalue weighted by atomic mass is 10.3. The van der Waals surface area contributed by atoms with E-state index in [-0.39, 0.29) is 17.6 Å². The number of aromatic nitrogens is 1. The van der Waals surface area contributed by atoms with Gasteiger partial charge in [-0.15, -0.1) is 0 Å². The number of nitrogens with two attached hydrogens (primary N) is 1. The van der Waals surface area contributed by atoms with Crippen LogP contribution in [0.5, 0.6) is 0 Å². The molecule has 0 aliphatic heterocycles. The van der Waals surface area contributed by atoms with Crippen molar-refractivity contribution < 1.29 is 9.59 Å². The van der Waals surface area contributed by atoms with E-state index in [4.69, 9.17) is 5.73 Å².